The van der Waals surface area contributed by atoms with Gasteiger partial charge in [0, 0.05) is 19.3 Å². The third-order valence-electron chi connectivity index (χ3n) is 11.4. The maximum absolute atomic E-state index is 12.8. The van der Waals surface area contributed by atoms with Crippen molar-refractivity contribution in [2.45, 2.75) is 258 Å². The van der Waals surface area contributed by atoms with Crippen LogP contribution < -0.4 is 0 Å². The molecule has 6 nitrogen and oxygen atoms in total. The van der Waals surface area contributed by atoms with Crippen LogP contribution in [0.4, 0.5) is 0 Å². The number of ether oxygens (including phenoxy) is 3. The molecule has 1 atom stereocenters. The molecule has 0 aromatic heterocycles. The molecule has 0 saturated carbocycles. The Kier molecular flexibility index (Phi) is 50.4. The van der Waals surface area contributed by atoms with Gasteiger partial charge in [0.2, 0.25) is 0 Å². The summed E-state index contributed by atoms with van der Waals surface area (Å²) in [5.41, 5.74) is 0. The lowest BCUT2D eigenvalue weighted by Gasteiger charge is -2.18. The van der Waals surface area contributed by atoms with Crippen LogP contribution in [0.15, 0.2) is 85.1 Å². The molecule has 0 aliphatic heterocycles. The van der Waals surface area contributed by atoms with Gasteiger partial charge in [-0.1, -0.05) is 215 Å². The van der Waals surface area contributed by atoms with Gasteiger partial charge < -0.3 is 14.2 Å². The van der Waals surface area contributed by atoms with E-state index in [2.05, 4.69) is 99.8 Å². The Morgan fingerprint density at radius 2 is 0.631 bits per heavy atom. The lowest BCUT2D eigenvalue weighted by atomic mass is 10.1. The molecule has 0 heterocycles. The van der Waals surface area contributed by atoms with Gasteiger partial charge in [0.1, 0.15) is 13.2 Å². The maximum atomic E-state index is 12.8. The van der Waals surface area contributed by atoms with Crippen molar-refractivity contribution < 1.29 is 28.6 Å². The topological polar surface area (TPSA) is 78.9 Å². The van der Waals surface area contributed by atoms with Crippen LogP contribution >= 0.6 is 0 Å². The Bertz CT molecular complexity index is 1270. The highest BCUT2D eigenvalue weighted by atomic mass is 16.6. The predicted molar refractivity (Wildman–Crippen MR) is 279 cm³/mol. The van der Waals surface area contributed by atoms with Gasteiger partial charge in [-0.15, -0.1) is 0 Å². The van der Waals surface area contributed by atoms with E-state index in [0.717, 1.165) is 96.3 Å². The highest BCUT2D eigenvalue weighted by Gasteiger charge is 2.19. The van der Waals surface area contributed by atoms with E-state index in [1.807, 2.05) is 6.08 Å². The van der Waals surface area contributed by atoms with Crippen molar-refractivity contribution in [1.29, 1.82) is 0 Å². The van der Waals surface area contributed by atoms with Gasteiger partial charge in [0.05, 0.1) is 0 Å². The smallest absolute Gasteiger partial charge is 0.306 e. The van der Waals surface area contributed by atoms with Crippen LogP contribution in [0.1, 0.15) is 252 Å². The highest BCUT2D eigenvalue weighted by Crippen LogP contribution is 2.14. The molecule has 0 aliphatic carbocycles. The molecule has 372 valence electrons. The van der Waals surface area contributed by atoms with Gasteiger partial charge in [-0.3, -0.25) is 14.4 Å². The first-order chi connectivity index (χ1) is 32.0. The molecule has 0 aromatic carbocycles. The van der Waals surface area contributed by atoms with Crippen LogP contribution in [-0.2, 0) is 28.6 Å². The van der Waals surface area contributed by atoms with E-state index in [-0.39, 0.29) is 44.0 Å². The lowest BCUT2D eigenvalue weighted by molar-refractivity contribution is -0.166. The van der Waals surface area contributed by atoms with Gasteiger partial charge in [-0.2, -0.15) is 0 Å². The molecule has 0 rings (SSSR count). The molecule has 0 fully saturated rings. The summed E-state index contributed by atoms with van der Waals surface area (Å²) in [5, 5.41) is 0. The number of hydrogen-bond acceptors (Lipinski definition) is 6. The molecule has 65 heavy (non-hydrogen) atoms. The highest BCUT2D eigenvalue weighted by molar-refractivity contribution is 5.71. The molecular weight excluding hydrogens is 805 g/mol. The van der Waals surface area contributed by atoms with Gasteiger partial charge in [-0.25, -0.2) is 0 Å². The molecule has 1 unspecified atom stereocenters. The SMILES string of the molecule is CC/C=C\C/C=C\C/C=C\C/C=C\CCCCCC(=O)OC(COC(=O)CC/C=C\C/C=C\CCCCCCCC)COC(=O)CCCCCCC/C=C\CCCCCCCCCCC. The number of rotatable bonds is 48. The fourth-order valence-corrected chi connectivity index (χ4v) is 7.30. The lowest BCUT2D eigenvalue weighted by Crippen LogP contribution is -2.30. The Labute approximate surface area is 401 Å². The summed E-state index contributed by atoms with van der Waals surface area (Å²) in [7, 11) is 0. The minimum absolute atomic E-state index is 0.111. The van der Waals surface area contributed by atoms with Crippen LogP contribution in [0, 0.1) is 0 Å². The average molecular weight is 905 g/mol. The summed E-state index contributed by atoms with van der Waals surface area (Å²) >= 11 is 0. The van der Waals surface area contributed by atoms with Crippen molar-refractivity contribution in [3.05, 3.63) is 85.1 Å². The fraction of sp³-hybridized carbons (Fsp3) is 0.712. The van der Waals surface area contributed by atoms with E-state index in [1.54, 1.807) is 0 Å². The van der Waals surface area contributed by atoms with Crippen molar-refractivity contribution in [3.63, 3.8) is 0 Å². The third kappa shape index (κ3) is 51.4. The summed E-state index contributed by atoms with van der Waals surface area (Å²) < 4.78 is 16.7. The summed E-state index contributed by atoms with van der Waals surface area (Å²) in [6.45, 7) is 6.43. The first kappa shape index (κ1) is 61.6. The van der Waals surface area contributed by atoms with Crippen LogP contribution in [-0.4, -0.2) is 37.2 Å². The van der Waals surface area contributed by atoms with Crippen molar-refractivity contribution >= 4 is 17.9 Å². The first-order valence-corrected chi connectivity index (χ1v) is 27.1. The minimum Gasteiger partial charge on any atom is -0.462 e. The van der Waals surface area contributed by atoms with E-state index in [0.29, 0.717) is 12.8 Å². The summed E-state index contributed by atoms with van der Waals surface area (Å²) in [4.78, 5) is 38.0. The second kappa shape index (κ2) is 53.2. The zero-order chi connectivity index (χ0) is 47.2. The zero-order valence-corrected chi connectivity index (χ0v) is 42.5. The zero-order valence-electron chi connectivity index (χ0n) is 42.5. The van der Waals surface area contributed by atoms with Gasteiger partial charge in [0.15, 0.2) is 6.10 Å². The van der Waals surface area contributed by atoms with Crippen molar-refractivity contribution in [1.82, 2.24) is 0 Å². The molecule has 0 N–H and O–H groups in total. The van der Waals surface area contributed by atoms with Crippen molar-refractivity contribution in [2.75, 3.05) is 13.2 Å². The van der Waals surface area contributed by atoms with E-state index in [1.165, 1.54) is 109 Å². The number of esters is 3. The molecule has 6 heteroatoms. The number of allylic oxidation sites excluding steroid dienone is 14. The molecule has 0 bridgehead atoms. The Morgan fingerprint density at radius 1 is 0.323 bits per heavy atom. The summed E-state index contributed by atoms with van der Waals surface area (Å²) in [6.07, 6.45) is 68.7. The van der Waals surface area contributed by atoms with Crippen LogP contribution in [0.3, 0.4) is 0 Å². The number of hydrogen-bond donors (Lipinski definition) is 0. The standard InChI is InChI=1S/C59H100O6/c1-4-7-10-13-16-19-22-25-27-29-30-32-34-37-40-43-46-49-52-58(61)64-55-56(54-63-57(60)51-48-45-42-39-36-33-24-21-18-15-12-9-6-3)65-59(62)53-50-47-44-41-38-35-31-28-26-23-20-17-14-11-8-5-2/h8,11,17,20,26,28,30,32-33,35-36,38,42,45,56H,4-7,9-10,12-16,18-19,21-25,27,29,31,34,37,39-41,43-44,46-55H2,1-3H3/b11-8-,20-17-,28-26-,32-30-,36-33-,38-35-,45-42-. The minimum atomic E-state index is -0.819. The quantitative estimate of drug-likeness (QED) is 0.0262. The Hall–Kier alpha value is -3.41. The number of carbonyl (C=O) groups excluding carboxylic acids is 3. The molecule has 0 spiro atoms. The Morgan fingerprint density at radius 3 is 1.06 bits per heavy atom. The monoisotopic (exact) mass is 905 g/mol. The third-order valence-corrected chi connectivity index (χ3v) is 11.4. The van der Waals surface area contributed by atoms with E-state index < -0.39 is 6.10 Å². The Balaban J connectivity index is 4.49. The van der Waals surface area contributed by atoms with Gasteiger partial charge in [-0.05, 0) is 103 Å². The van der Waals surface area contributed by atoms with Crippen LogP contribution in [0.5, 0.6) is 0 Å². The van der Waals surface area contributed by atoms with Gasteiger partial charge >= 0.3 is 17.9 Å². The van der Waals surface area contributed by atoms with Gasteiger partial charge in [0.25, 0.3) is 0 Å². The summed E-state index contributed by atoms with van der Waals surface area (Å²) in [5.74, 6) is -1.02. The molecule has 0 saturated heterocycles. The normalized spacial score (nSPS) is 12.7. The largest absolute Gasteiger partial charge is 0.462 e. The predicted octanol–water partition coefficient (Wildman–Crippen LogP) is 18.0. The fourth-order valence-electron chi connectivity index (χ4n) is 7.30. The second-order valence-corrected chi connectivity index (χ2v) is 17.7. The second-order valence-electron chi connectivity index (χ2n) is 17.7. The maximum Gasteiger partial charge on any atom is 0.306 e. The number of unbranched alkanes of at least 4 members (excludes halogenated alkanes) is 23. The van der Waals surface area contributed by atoms with E-state index in [4.69, 9.17) is 14.2 Å². The van der Waals surface area contributed by atoms with E-state index in [9.17, 15) is 14.4 Å². The van der Waals surface area contributed by atoms with Crippen molar-refractivity contribution in [2.24, 2.45) is 0 Å². The summed E-state index contributed by atoms with van der Waals surface area (Å²) in [6, 6.07) is 0. The molecule has 0 aliphatic rings. The van der Waals surface area contributed by atoms with E-state index >= 15 is 0 Å². The molecular formula is C59H100O6. The molecule has 0 amide bonds. The van der Waals surface area contributed by atoms with Crippen molar-refractivity contribution in [3.8, 4) is 0 Å². The molecule has 0 aromatic rings. The average Bonchev–Trinajstić information content (AvgIpc) is 3.30. The number of carbonyl (C=O) groups is 3. The first-order valence-electron chi connectivity index (χ1n) is 27.1. The van der Waals surface area contributed by atoms with Crippen LogP contribution in [0.2, 0.25) is 0 Å². The molecule has 0 radical (unpaired) electrons. The van der Waals surface area contributed by atoms with Crippen LogP contribution in [0.25, 0.3) is 0 Å².